The molecular formula is C14H18N2O. The van der Waals surface area contributed by atoms with Crippen LogP contribution in [0, 0.1) is 13.8 Å². The molecule has 2 rings (SSSR count). The van der Waals surface area contributed by atoms with E-state index in [-0.39, 0.29) is 6.61 Å². The van der Waals surface area contributed by atoms with Gasteiger partial charge >= 0.3 is 0 Å². The normalized spacial score (nSPS) is 10.8. The molecular weight excluding hydrogens is 212 g/mol. The fourth-order valence-corrected chi connectivity index (χ4v) is 1.79. The third kappa shape index (κ3) is 2.74. The van der Waals surface area contributed by atoms with E-state index in [9.17, 15) is 0 Å². The van der Waals surface area contributed by atoms with E-state index in [1.807, 2.05) is 6.20 Å². The van der Waals surface area contributed by atoms with Crippen LogP contribution in [0.4, 0.5) is 0 Å². The second kappa shape index (κ2) is 5.15. The molecule has 2 aromatic rings. The number of hydrogen-bond donors (Lipinski definition) is 2. The van der Waals surface area contributed by atoms with Crippen molar-refractivity contribution >= 4 is 0 Å². The van der Waals surface area contributed by atoms with Crippen LogP contribution in [-0.2, 0) is 6.42 Å². The second-order valence-corrected chi connectivity index (χ2v) is 4.37. The molecule has 0 saturated heterocycles. The summed E-state index contributed by atoms with van der Waals surface area (Å²) in [5.41, 5.74) is 4.79. The third-order valence-corrected chi connectivity index (χ3v) is 3.02. The van der Waals surface area contributed by atoms with E-state index in [2.05, 4.69) is 42.0 Å². The molecule has 0 saturated carbocycles. The number of nitrogens with zero attached hydrogens (tertiary/aromatic N) is 1. The van der Waals surface area contributed by atoms with Gasteiger partial charge in [0.25, 0.3) is 0 Å². The van der Waals surface area contributed by atoms with Crippen molar-refractivity contribution in [2.75, 3.05) is 6.61 Å². The Morgan fingerprint density at radius 3 is 2.76 bits per heavy atom. The Morgan fingerprint density at radius 1 is 1.24 bits per heavy atom. The van der Waals surface area contributed by atoms with Gasteiger partial charge in [0.1, 0.15) is 5.82 Å². The summed E-state index contributed by atoms with van der Waals surface area (Å²) in [6, 6.07) is 6.39. The number of rotatable bonds is 4. The lowest BCUT2D eigenvalue weighted by Crippen LogP contribution is -1.91. The van der Waals surface area contributed by atoms with Gasteiger partial charge in [-0.1, -0.05) is 12.1 Å². The van der Waals surface area contributed by atoms with E-state index in [1.165, 1.54) is 11.1 Å². The summed E-state index contributed by atoms with van der Waals surface area (Å²) in [5.74, 6) is 0.937. The van der Waals surface area contributed by atoms with Gasteiger partial charge in [-0.05, 0) is 43.0 Å². The van der Waals surface area contributed by atoms with Crippen LogP contribution in [0.1, 0.15) is 23.4 Å². The molecule has 90 valence electrons. The van der Waals surface area contributed by atoms with Crippen LogP contribution in [0.2, 0.25) is 0 Å². The molecule has 0 unspecified atom stereocenters. The van der Waals surface area contributed by atoms with E-state index in [4.69, 9.17) is 5.11 Å². The van der Waals surface area contributed by atoms with Crippen molar-refractivity contribution in [3.8, 4) is 11.3 Å². The van der Waals surface area contributed by atoms with Crippen LogP contribution in [0.15, 0.2) is 24.4 Å². The van der Waals surface area contributed by atoms with E-state index < -0.39 is 0 Å². The highest BCUT2D eigenvalue weighted by Crippen LogP contribution is 2.20. The van der Waals surface area contributed by atoms with E-state index in [0.29, 0.717) is 0 Å². The summed E-state index contributed by atoms with van der Waals surface area (Å²) < 4.78 is 0. The number of aliphatic hydroxyl groups is 1. The summed E-state index contributed by atoms with van der Waals surface area (Å²) in [4.78, 5) is 7.60. The first-order chi connectivity index (χ1) is 8.20. The molecule has 1 heterocycles. The molecule has 0 aliphatic heterocycles. The van der Waals surface area contributed by atoms with Crippen molar-refractivity contribution in [3.63, 3.8) is 0 Å². The van der Waals surface area contributed by atoms with Crippen molar-refractivity contribution in [2.45, 2.75) is 26.7 Å². The Morgan fingerprint density at radius 2 is 2.06 bits per heavy atom. The minimum absolute atomic E-state index is 0.208. The number of aromatic nitrogens is 2. The SMILES string of the molecule is Cc1ccc(-c2cnc(CCCO)[nH]2)cc1C. The Bertz CT molecular complexity index is 503. The minimum atomic E-state index is 0.208. The first-order valence-corrected chi connectivity index (χ1v) is 5.93. The predicted molar refractivity (Wildman–Crippen MR) is 68.9 cm³/mol. The lowest BCUT2D eigenvalue weighted by atomic mass is 10.1. The minimum Gasteiger partial charge on any atom is -0.396 e. The summed E-state index contributed by atoms with van der Waals surface area (Å²) in [7, 11) is 0. The fraction of sp³-hybridized carbons (Fsp3) is 0.357. The van der Waals surface area contributed by atoms with Gasteiger partial charge in [-0.25, -0.2) is 4.98 Å². The number of hydrogen-bond acceptors (Lipinski definition) is 2. The van der Waals surface area contributed by atoms with Gasteiger partial charge in [0.15, 0.2) is 0 Å². The maximum Gasteiger partial charge on any atom is 0.106 e. The Kier molecular flexibility index (Phi) is 3.59. The number of H-pyrrole nitrogens is 1. The topological polar surface area (TPSA) is 48.9 Å². The molecule has 0 spiro atoms. The zero-order chi connectivity index (χ0) is 12.3. The number of benzene rings is 1. The van der Waals surface area contributed by atoms with E-state index in [0.717, 1.165) is 29.9 Å². The maximum atomic E-state index is 8.78. The summed E-state index contributed by atoms with van der Waals surface area (Å²) in [5, 5.41) is 8.78. The van der Waals surface area contributed by atoms with Gasteiger partial charge < -0.3 is 10.1 Å². The standard InChI is InChI=1S/C14H18N2O/c1-10-5-6-12(8-11(10)2)13-9-15-14(16-13)4-3-7-17/h5-6,8-9,17H,3-4,7H2,1-2H3,(H,15,16). The molecule has 17 heavy (non-hydrogen) atoms. The van der Waals surface area contributed by atoms with E-state index in [1.54, 1.807) is 0 Å². The van der Waals surface area contributed by atoms with Crippen molar-refractivity contribution < 1.29 is 5.11 Å². The lowest BCUT2D eigenvalue weighted by molar-refractivity contribution is 0.287. The fourth-order valence-electron chi connectivity index (χ4n) is 1.79. The van der Waals surface area contributed by atoms with E-state index >= 15 is 0 Å². The van der Waals surface area contributed by atoms with Crippen LogP contribution in [-0.4, -0.2) is 21.7 Å². The second-order valence-electron chi connectivity index (χ2n) is 4.37. The van der Waals surface area contributed by atoms with Gasteiger partial charge in [0, 0.05) is 13.0 Å². The smallest absolute Gasteiger partial charge is 0.106 e. The molecule has 0 aliphatic rings. The Balaban J connectivity index is 2.21. The molecule has 2 N–H and O–H groups in total. The molecule has 1 aromatic heterocycles. The summed E-state index contributed by atoms with van der Waals surface area (Å²) in [6.07, 6.45) is 3.40. The van der Waals surface area contributed by atoms with Crippen LogP contribution < -0.4 is 0 Å². The van der Waals surface area contributed by atoms with Gasteiger partial charge in [0.05, 0.1) is 11.9 Å². The maximum absolute atomic E-state index is 8.78. The Labute approximate surface area is 102 Å². The van der Waals surface area contributed by atoms with Crippen molar-refractivity contribution in [1.29, 1.82) is 0 Å². The van der Waals surface area contributed by atoms with Crippen molar-refractivity contribution in [2.24, 2.45) is 0 Å². The molecule has 0 bridgehead atoms. The van der Waals surface area contributed by atoms with Gasteiger partial charge in [-0.3, -0.25) is 0 Å². The summed E-state index contributed by atoms with van der Waals surface area (Å²) >= 11 is 0. The molecule has 0 amide bonds. The van der Waals surface area contributed by atoms with Crippen LogP contribution >= 0.6 is 0 Å². The zero-order valence-electron chi connectivity index (χ0n) is 10.3. The number of nitrogens with one attached hydrogen (secondary N) is 1. The van der Waals surface area contributed by atoms with Gasteiger partial charge in [-0.15, -0.1) is 0 Å². The van der Waals surface area contributed by atoms with Crippen LogP contribution in [0.5, 0.6) is 0 Å². The number of aromatic amines is 1. The number of aryl methyl sites for hydroxylation is 3. The van der Waals surface area contributed by atoms with Crippen molar-refractivity contribution in [3.05, 3.63) is 41.3 Å². The highest BCUT2D eigenvalue weighted by atomic mass is 16.2. The quantitative estimate of drug-likeness (QED) is 0.848. The molecule has 0 atom stereocenters. The summed E-state index contributed by atoms with van der Waals surface area (Å²) in [6.45, 7) is 4.43. The molecule has 0 radical (unpaired) electrons. The van der Waals surface area contributed by atoms with Crippen LogP contribution in [0.3, 0.4) is 0 Å². The Hall–Kier alpha value is -1.61. The third-order valence-electron chi connectivity index (χ3n) is 3.02. The molecule has 0 aliphatic carbocycles. The largest absolute Gasteiger partial charge is 0.396 e. The first-order valence-electron chi connectivity index (χ1n) is 5.93. The number of imidazole rings is 1. The van der Waals surface area contributed by atoms with Gasteiger partial charge in [0.2, 0.25) is 0 Å². The predicted octanol–water partition coefficient (Wildman–Crippen LogP) is 2.62. The average Bonchev–Trinajstić information content (AvgIpc) is 2.79. The molecule has 0 fully saturated rings. The molecule has 3 nitrogen and oxygen atoms in total. The van der Waals surface area contributed by atoms with Gasteiger partial charge in [-0.2, -0.15) is 0 Å². The number of aliphatic hydroxyl groups excluding tert-OH is 1. The highest BCUT2D eigenvalue weighted by molar-refractivity contribution is 5.60. The molecule has 3 heteroatoms. The zero-order valence-corrected chi connectivity index (χ0v) is 10.3. The molecule has 1 aromatic carbocycles. The average molecular weight is 230 g/mol. The monoisotopic (exact) mass is 230 g/mol. The lowest BCUT2D eigenvalue weighted by Gasteiger charge is -2.02. The van der Waals surface area contributed by atoms with Crippen LogP contribution in [0.25, 0.3) is 11.3 Å². The first kappa shape index (κ1) is 11.9. The highest BCUT2D eigenvalue weighted by Gasteiger charge is 2.04. The van der Waals surface area contributed by atoms with Crippen molar-refractivity contribution in [1.82, 2.24) is 9.97 Å².